The third kappa shape index (κ3) is 4.24. The summed E-state index contributed by atoms with van der Waals surface area (Å²) in [7, 11) is -1.56. The number of aromatic nitrogens is 1. The Kier molecular flexibility index (Phi) is 5.10. The average molecular weight is 355 g/mol. The summed E-state index contributed by atoms with van der Waals surface area (Å²) in [6.45, 7) is 3.07. The molecule has 0 amide bonds. The first-order valence-corrected chi connectivity index (χ1v) is 10.1. The lowest BCUT2D eigenvalue weighted by Crippen LogP contribution is -2.49. The summed E-state index contributed by atoms with van der Waals surface area (Å²) >= 11 is 0. The van der Waals surface area contributed by atoms with E-state index in [9.17, 15) is 8.42 Å². The van der Waals surface area contributed by atoms with Crippen molar-refractivity contribution in [3.8, 4) is 5.88 Å². The second-order valence-corrected chi connectivity index (χ2v) is 8.52. The minimum absolute atomic E-state index is 0.0402. The molecule has 0 aliphatic carbocycles. The van der Waals surface area contributed by atoms with Crippen LogP contribution in [0.25, 0.3) is 0 Å². The third-order valence-electron chi connectivity index (χ3n) is 4.71. The van der Waals surface area contributed by atoms with Gasteiger partial charge in [-0.05, 0) is 25.3 Å². The van der Waals surface area contributed by atoms with Crippen LogP contribution in [-0.4, -0.2) is 63.0 Å². The zero-order valence-electron chi connectivity index (χ0n) is 14.2. The second kappa shape index (κ2) is 6.95. The molecule has 2 fully saturated rings. The Hall–Kier alpha value is -1.22. The lowest BCUT2D eigenvalue weighted by molar-refractivity contribution is -0.0779. The zero-order valence-corrected chi connectivity index (χ0v) is 15.0. The van der Waals surface area contributed by atoms with E-state index in [2.05, 4.69) is 14.6 Å². The number of methoxy groups -OCH3 is 1. The summed E-state index contributed by atoms with van der Waals surface area (Å²) in [5.74, 6) is 0.652. The molecule has 2 saturated heterocycles. The fourth-order valence-corrected chi connectivity index (χ4v) is 4.55. The second-order valence-electron chi connectivity index (χ2n) is 6.74. The molecule has 1 aromatic heterocycles. The molecule has 0 aromatic carbocycles. The van der Waals surface area contributed by atoms with Crippen molar-refractivity contribution < 1.29 is 17.9 Å². The van der Waals surface area contributed by atoms with E-state index in [4.69, 9.17) is 9.47 Å². The predicted octanol–water partition coefficient (Wildman–Crippen LogP) is 0.763. The fraction of sp³-hybridized carbons (Fsp3) is 0.688. The summed E-state index contributed by atoms with van der Waals surface area (Å²) in [4.78, 5) is 6.56. The van der Waals surface area contributed by atoms with Gasteiger partial charge in [0.2, 0.25) is 15.9 Å². The smallest absolute Gasteiger partial charge is 0.217 e. The molecule has 7 nitrogen and oxygen atoms in total. The quantitative estimate of drug-likeness (QED) is 0.840. The molecule has 1 N–H and O–H groups in total. The van der Waals surface area contributed by atoms with Crippen LogP contribution in [0, 0.1) is 0 Å². The van der Waals surface area contributed by atoms with Crippen molar-refractivity contribution in [1.29, 1.82) is 0 Å². The summed E-state index contributed by atoms with van der Waals surface area (Å²) < 4.78 is 37.1. The van der Waals surface area contributed by atoms with E-state index in [1.807, 2.05) is 12.1 Å². The number of hydrogen-bond acceptors (Lipinski definition) is 6. The Morgan fingerprint density at radius 3 is 3.12 bits per heavy atom. The maximum atomic E-state index is 11.5. The molecule has 0 unspecified atom stereocenters. The van der Waals surface area contributed by atoms with Crippen LogP contribution >= 0.6 is 0 Å². The molecule has 0 saturated carbocycles. The number of nitrogens with zero attached hydrogens (tertiary/aromatic N) is 2. The Morgan fingerprint density at radius 2 is 2.38 bits per heavy atom. The van der Waals surface area contributed by atoms with Crippen molar-refractivity contribution in [3.63, 3.8) is 0 Å². The van der Waals surface area contributed by atoms with Crippen LogP contribution in [0.15, 0.2) is 18.3 Å². The molecule has 0 bridgehead atoms. The Labute approximate surface area is 143 Å². The van der Waals surface area contributed by atoms with Crippen LogP contribution in [0.1, 0.15) is 24.8 Å². The lowest BCUT2D eigenvalue weighted by Gasteiger charge is -2.38. The van der Waals surface area contributed by atoms with Crippen LogP contribution in [0.2, 0.25) is 0 Å². The number of likely N-dealkylation sites (tertiary alicyclic amines) is 1. The number of hydrogen-bond donors (Lipinski definition) is 1. The van der Waals surface area contributed by atoms with Crippen molar-refractivity contribution in [2.24, 2.45) is 0 Å². The average Bonchev–Trinajstić information content (AvgIpc) is 2.88. The number of nitrogens with one attached hydrogen (secondary N) is 1. The summed E-state index contributed by atoms with van der Waals surface area (Å²) in [5.41, 5.74) is 0.800. The van der Waals surface area contributed by atoms with Crippen LogP contribution in [0.5, 0.6) is 5.88 Å². The molecular formula is C16H25N3O4S. The normalized spacial score (nSPS) is 28.3. The first-order valence-electron chi connectivity index (χ1n) is 8.21. The fourth-order valence-electron chi connectivity index (χ4n) is 3.75. The highest BCUT2D eigenvalue weighted by atomic mass is 32.2. The van der Waals surface area contributed by atoms with Crippen molar-refractivity contribution in [1.82, 2.24) is 14.6 Å². The van der Waals surface area contributed by atoms with Crippen LogP contribution in [-0.2, 0) is 21.3 Å². The van der Waals surface area contributed by atoms with Gasteiger partial charge in [0.25, 0.3) is 0 Å². The summed E-state index contributed by atoms with van der Waals surface area (Å²) in [6.07, 6.45) is 5.30. The van der Waals surface area contributed by atoms with E-state index in [-0.39, 0.29) is 11.6 Å². The number of pyridine rings is 1. The monoisotopic (exact) mass is 355 g/mol. The highest BCUT2D eigenvalue weighted by Gasteiger charge is 2.43. The van der Waals surface area contributed by atoms with Gasteiger partial charge in [-0.3, -0.25) is 4.90 Å². The van der Waals surface area contributed by atoms with Crippen molar-refractivity contribution in [3.05, 3.63) is 23.9 Å². The largest absolute Gasteiger partial charge is 0.481 e. The predicted molar refractivity (Wildman–Crippen MR) is 90.4 cm³/mol. The Balaban J connectivity index is 1.63. The van der Waals surface area contributed by atoms with Gasteiger partial charge in [-0.15, -0.1) is 0 Å². The van der Waals surface area contributed by atoms with E-state index in [1.54, 1.807) is 13.3 Å². The van der Waals surface area contributed by atoms with Gasteiger partial charge in [0.15, 0.2) is 0 Å². The Bertz CT molecular complexity index is 682. The van der Waals surface area contributed by atoms with Crippen LogP contribution in [0.4, 0.5) is 0 Å². The third-order valence-corrected chi connectivity index (χ3v) is 5.47. The topological polar surface area (TPSA) is 80.8 Å². The number of rotatable bonds is 5. The molecule has 1 aromatic rings. The summed E-state index contributed by atoms with van der Waals surface area (Å²) in [6, 6.07) is 3.89. The molecule has 8 heteroatoms. The molecule has 1 spiro atoms. The van der Waals surface area contributed by atoms with Gasteiger partial charge in [-0.2, -0.15) is 0 Å². The van der Waals surface area contributed by atoms with Gasteiger partial charge in [-0.25, -0.2) is 18.1 Å². The number of ether oxygens (including phenoxy) is 2. The zero-order chi connectivity index (χ0) is 17.2. The van der Waals surface area contributed by atoms with Crippen LogP contribution < -0.4 is 9.46 Å². The maximum Gasteiger partial charge on any atom is 0.217 e. The molecule has 3 rings (SSSR count). The van der Waals surface area contributed by atoms with Crippen molar-refractivity contribution >= 4 is 10.0 Å². The lowest BCUT2D eigenvalue weighted by atomic mass is 9.90. The van der Waals surface area contributed by atoms with Gasteiger partial charge in [0.1, 0.15) is 0 Å². The Morgan fingerprint density at radius 1 is 1.54 bits per heavy atom. The molecule has 0 radical (unpaired) electrons. The summed E-state index contributed by atoms with van der Waals surface area (Å²) in [5, 5.41) is 0. The SMILES string of the molecule is COc1ncccc1CN1CC[C@@]2(C[C@@H](NS(C)(=O)=O)CCO2)C1. The molecule has 24 heavy (non-hydrogen) atoms. The van der Waals surface area contributed by atoms with Gasteiger partial charge < -0.3 is 9.47 Å². The maximum absolute atomic E-state index is 11.5. The van der Waals surface area contributed by atoms with Gasteiger partial charge in [0.05, 0.1) is 19.0 Å². The highest BCUT2D eigenvalue weighted by molar-refractivity contribution is 7.88. The molecule has 134 valence electrons. The molecule has 2 aliphatic rings. The minimum Gasteiger partial charge on any atom is -0.481 e. The van der Waals surface area contributed by atoms with E-state index >= 15 is 0 Å². The van der Waals surface area contributed by atoms with Crippen molar-refractivity contribution in [2.45, 2.75) is 37.5 Å². The standard InChI is InChI=1S/C16H25N3O4S/c1-22-15-13(4-3-7-17-15)11-19-8-6-16(12-19)10-14(5-9-23-16)18-24(2,20)21/h3-4,7,14,18H,5-6,8-12H2,1-2H3/t14-,16+/m0/s1. The minimum atomic E-state index is -3.19. The van der Waals surface area contributed by atoms with E-state index in [1.165, 1.54) is 6.26 Å². The first kappa shape index (κ1) is 17.6. The van der Waals surface area contributed by atoms with Crippen LogP contribution in [0.3, 0.4) is 0 Å². The highest BCUT2D eigenvalue weighted by Crippen LogP contribution is 2.35. The van der Waals surface area contributed by atoms with E-state index in [0.29, 0.717) is 12.5 Å². The number of sulfonamides is 1. The molecular weight excluding hydrogens is 330 g/mol. The van der Waals surface area contributed by atoms with E-state index < -0.39 is 10.0 Å². The van der Waals surface area contributed by atoms with Gasteiger partial charge in [-0.1, -0.05) is 6.07 Å². The van der Waals surface area contributed by atoms with E-state index in [0.717, 1.165) is 44.5 Å². The first-order chi connectivity index (χ1) is 11.4. The molecule has 3 heterocycles. The molecule has 2 atom stereocenters. The molecule has 2 aliphatic heterocycles. The van der Waals surface area contributed by atoms with Gasteiger partial charge in [0, 0.05) is 44.0 Å². The van der Waals surface area contributed by atoms with Crippen molar-refractivity contribution in [2.75, 3.05) is 33.1 Å². The van der Waals surface area contributed by atoms with Gasteiger partial charge >= 0.3 is 0 Å².